The second kappa shape index (κ2) is 16.1. The van der Waals surface area contributed by atoms with E-state index in [4.69, 9.17) is 65.6 Å². The number of anilines is 1. The first-order chi connectivity index (χ1) is 23.8. The molecule has 1 fully saturated rings. The van der Waals surface area contributed by atoms with E-state index >= 15 is 0 Å². The highest BCUT2D eigenvalue weighted by Crippen LogP contribution is 2.40. The lowest BCUT2D eigenvalue weighted by atomic mass is 10.2. The van der Waals surface area contributed by atoms with Crippen LogP contribution in [0.3, 0.4) is 0 Å². The van der Waals surface area contributed by atoms with E-state index in [1.165, 1.54) is 16.7 Å². The summed E-state index contributed by atoms with van der Waals surface area (Å²) in [6.07, 6.45) is 1.73. The molecule has 1 amide bonds. The molecular weight excluding hydrogens is 722 g/mol. The molecule has 0 aromatic heterocycles. The van der Waals surface area contributed by atoms with Crippen LogP contribution in [-0.2, 0) is 18.0 Å². The minimum Gasteiger partial charge on any atom is -0.490 e. The van der Waals surface area contributed by atoms with Crippen LogP contribution in [0.1, 0.15) is 23.6 Å². The topological polar surface area (TPSA) is 60.4 Å². The maximum atomic E-state index is 13.7. The molecule has 6 rings (SSSR count). The SMILES string of the molecule is CCOc1cc(COc2c(Cl)cc(/C=C3/SC(=Nc4ccc(Cl)cc4)N(c4ccc(Cl)cc4)C3=O)cc2Cl)ccc1OCc1ccccc1. The highest BCUT2D eigenvalue weighted by Gasteiger charge is 2.35. The number of amidine groups is 1. The van der Waals surface area contributed by atoms with Crippen molar-refractivity contribution in [1.29, 1.82) is 0 Å². The number of amides is 1. The van der Waals surface area contributed by atoms with Gasteiger partial charge in [0.05, 0.1) is 32.9 Å². The molecule has 0 spiro atoms. The highest BCUT2D eigenvalue weighted by atomic mass is 35.5. The second-order valence-electron chi connectivity index (χ2n) is 10.7. The fraction of sp³-hybridized carbons (Fsp3) is 0.105. The zero-order chi connectivity index (χ0) is 34.3. The number of halogens is 4. The van der Waals surface area contributed by atoms with Gasteiger partial charge >= 0.3 is 0 Å². The third kappa shape index (κ3) is 8.74. The summed E-state index contributed by atoms with van der Waals surface area (Å²) in [4.78, 5) is 20.5. The summed E-state index contributed by atoms with van der Waals surface area (Å²) in [6, 6.07) is 33.0. The molecule has 0 aliphatic carbocycles. The Balaban J connectivity index is 1.20. The standard InChI is InChI=1S/C38H28Cl4N2O4S/c1-2-46-34-20-25(8-17-33(34)47-22-24-6-4-3-5-7-24)23-48-36-31(41)18-26(19-32(36)42)21-35-37(45)44(30-15-11-28(40)12-16-30)38(49-35)43-29-13-9-27(39)10-14-29/h3-21H,2,22-23H2,1H3/b35-21+,43-38?. The molecule has 0 unspecified atom stereocenters. The van der Waals surface area contributed by atoms with Gasteiger partial charge in [-0.3, -0.25) is 9.69 Å². The zero-order valence-electron chi connectivity index (χ0n) is 26.0. The van der Waals surface area contributed by atoms with Crippen LogP contribution in [0.15, 0.2) is 119 Å². The van der Waals surface area contributed by atoms with E-state index in [9.17, 15) is 4.79 Å². The molecule has 0 saturated carbocycles. The predicted octanol–water partition coefficient (Wildman–Crippen LogP) is 11.7. The molecule has 1 aliphatic rings. The fourth-order valence-electron chi connectivity index (χ4n) is 4.87. The Labute approximate surface area is 308 Å². The molecule has 0 N–H and O–H groups in total. The number of benzene rings is 5. The smallest absolute Gasteiger partial charge is 0.271 e. The van der Waals surface area contributed by atoms with Crippen molar-refractivity contribution in [2.24, 2.45) is 4.99 Å². The van der Waals surface area contributed by atoms with Crippen molar-refractivity contribution in [2.45, 2.75) is 20.1 Å². The van der Waals surface area contributed by atoms with Gasteiger partial charge in [0.1, 0.15) is 13.2 Å². The summed E-state index contributed by atoms with van der Waals surface area (Å²) in [5, 5.41) is 2.22. The maximum absolute atomic E-state index is 13.7. The number of thioether (sulfide) groups is 1. The summed E-state index contributed by atoms with van der Waals surface area (Å²) >= 11 is 26.8. The average Bonchev–Trinajstić information content (AvgIpc) is 3.39. The summed E-state index contributed by atoms with van der Waals surface area (Å²) in [5.74, 6) is 1.32. The Morgan fingerprint density at radius 1 is 0.714 bits per heavy atom. The normalized spacial score (nSPS) is 14.5. The molecule has 1 aliphatic heterocycles. The number of ether oxygens (including phenoxy) is 3. The minimum atomic E-state index is -0.256. The number of aliphatic imine (C=N–C) groups is 1. The Bertz CT molecular complexity index is 2000. The Morgan fingerprint density at radius 3 is 2.04 bits per heavy atom. The fourth-order valence-corrected chi connectivity index (χ4v) is 6.73. The van der Waals surface area contributed by atoms with E-state index in [1.807, 2.05) is 55.5 Å². The van der Waals surface area contributed by atoms with Crippen molar-refractivity contribution < 1.29 is 19.0 Å². The monoisotopic (exact) mass is 748 g/mol. The van der Waals surface area contributed by atoms with Gasteiger partial charge in [0.25, 0.3) is 5.91 Å². The molecule has 1 saturated heterocycles. The summed E-state index contributed by atoms with van der Waals surface area (Å²) < 4.78 is 18.0. The van der Waals surface area contributed by atoms with Gasteiger partial charge in [-0.1, -0.05) is 82.8 Å². The van der Waals surface area contributed by atoms with E-state index in [1.54, 1.807) is 66.7 Å². The number of nitrogens with zero attached hydrogens (tertiary/aromatic N) is 2. The van der Waals surface area contributed by atoms with Crippen LogP contribution in [0.25, 0.3) is 6.08 Å². The number of carbonyl (C=O) groups is 1. The predicted molar refractivity (Wildman–Crippen MR) is 202 cm³/mol. The molecule has 5 aromatic carbocycles. The summed E-state index contributed by atoms with van der Waals surface area (Å²) in [7, 11) is 0. The molecule has 0 radical (unpaired) electrons. The van der Waals surface area contributed by atoms with E-state index in [-0.39, 0.29) is 12.5 Å². The molecular formula is C38H28Cl4N2O4S. The summed E-state index contributed by atoms with van der Waals surface area (Å²) in [5.41, 5.74) is 3.80. The van der Waals surface area contributed by atoms with Gasteiger partial charge in [-0.05, 0) is 114 Å². The van der Waals surface area contributed by atoms with Gasteiger partial charge < -0.3 is 14.2 Å². The molecule has 1 heterocycles. The minimum absolute atomic E-state index is 0.188. The first-order valence-electron chi connectivity index (χ1n) is 15.2. The number of hydrogen-bond donors (Lipinski definition) is 0. The van der Waals surface area contributed by atoms with E-state index in [0.29, 0.717) is 77.6 Å². The quantitative estimate of drug-likeness (QED) is 0.126. The Kier molecular flexibility index (Phi) is 11.4. The molecule has 5 aromatic rings. The Hall–Kier alpha value is -4.11. The average molecular weight is 751 g/mol. The Morgan fingerprint density at radius 2 is 1.37 bits per heavy atom. The molecule has 11 heteroatoms. The maximum Gasteiger partial charge on any atom is 0.271 e. The van der Waals surface area contributed by atoms with Crippen LogP contribution < -0.4 is 19.1 Å². The number of hydrogen-bond acceptors (Lipinski definition) is 6. The first kappa shape index (κ1) is 34.7. The molecule has 0 bridgehead atoms. The second-order valence-corrected chi connectivity index (χ2v) is 13.4. The van der Waals surface area contributed by atoms with Crippen molar-refractivity contribution in [2.75, 3.05) is 11.5 Å². The third-order valence-electron chi connectivity index (χ3n) is 7.19. The van der Waals surface area contributed by atoms with Crippen molar-refractivity contribution in [1.82, 2.24) is 0 Å². The van der Waals surface area contributed by atoms with Crippen LogP contribution >= 0.6 is 58.2 Å². The van der Waals surface area contributed by atoms with Gasteiger partial charge in [-0.15, -0.1) is 0 Å². The molecule has 49 heavy (non-hydrogen) atoms. The van der Waals surface area contributed by atoms with Crippen LogP contribution in [-0.4, -0.2) is 17.7 Å². The molecule has 6 nitrogen and oxygen atoms in total. The van der Waals surface area contributed by atoms with Gasteiger partial charge in [-0.25, -0.2) is 4.99 Å². The van der Waals surface area contributed by atoms with E-state index in [0.717, 1.165) is 11.1 Å². The number of carbonyl (C=O) groups excluding carboxylic acids is 1. The van der Waals surface area contributed by atoms with Crippen molar-refractivity contribution in [3.63, 3.8) is 0 Å². The summed E-state index contributed by atoms with van der Waals surface area (Å²) in [6.45, 7) is 3.01. The molecule has 248 valence electrons. The van der Waals surface area contributed by atoms with Gasteiger partial charge in [0.2, 0.25) is 0 Å². The van der Waals surface area contributed by atoms with Crippen LogP contribution in [0.5, 0.6) is 17.2 Å². The van der Waals surface area contributed by atoms with Gasteiger partial charge in [0.15, 0.2) is 22.4 Å². The number of rotatable bonds is 11. The van der Waals surface area contributed by atoms with Gasteiger partial charge in [-0.2, -0.15) is 0 Å². The molecule has 0 atom stereocenters. The third-order valence-corrected chi connectivity index (χ3v) is 9.22. The van der Waals surface area contributed by atoms with Crippen LogP contribution in [0, 0.1) is 0 Å². The van der Waals surface area contributed by atoms with E-state index < -0.39 is 0 Å². The van der Waals surface area contributed by atoms with Gasteiger partial charge in [0, 0.05) is 10.0 Å². The van der Waals surface area contributed by atoms with E-state index in [2.05, 4.69) is 0 Å². The van der Waals surface area contributed by atoms with Crippen molar-refractivity contribution in [3.05, 3.63) is 151 Å². The van der Waals surface area contributed by atoms with Crippen LogP contribution in [0.4, 0.5) is 11.4 Å². The van der Waals surface area contributed by atoms with Crippen molar-refractivity contribution in [3.8, 4) is 17.2 Å². The largest absolute Gasteiger partial charge is 0.490 e. The van der Waals surface area contributed by atoms with Crippen LogP contribution in [0.2, 0.25) is 20.1 Å². The highest BCUT2D eigenvalue weighted by molar-refractivity contribution is 8.19. The lowest BCUT2D eigenvalue weighted by Crippen LogP contribution is -2.28. The lowest BCUT2D eigenvalue weighted by Gasteiger charge is -2.15. The van der Waals surface area contributed by atoms with Crippen molar-refractivity contribution >= 4 is 86.7 Å². The first-order valence-corrected chi connectivity index (χ1v) is 17.5. The lowest BCUT2D eigenvalue weighted by molar-refractivity contribution is -0.113. The zero-order valence-corrected chi connectivity index (χ0v) is 29.9.